The molecule has 1 amide bonds. The Morgan fingerprint density at radius 2 is 2.00 bits per heavy atom. The van der Waals surface area contributed by atoms with Gasteiger partial charge in [-0.05, 0) is 50.2 Å². The number of benzene rings is 1. The Morgan fingerprint density at radius 3 is 2.70 bits per heavy atom. The van der Waals surface area contributed by atoms with Gasteiger partial charge >= 0.3 is 0 Å². The van der Waals surface area contributed by atoms with E-state index in [-0.39, 0.29) is 5.91 Å². The third-order valence-electron chi connectivity index (χ3n) is 4.01. The second-order valence-electron chi connectivity index (χ2n) is 6.51. The third kappa shape index (κ3) is 4.86. The predicted molar refractivity (Wildman–Crippen MR) is 105 cm³/mol. The summed E-state index contributed by atoms with van der Waals surface area (Å²) in [5.74, 6) is 1.21. The summed E-state index contributed by atoms with van der Waals surface area (Å²) in [6.45, 7) is 4.51. The van der Waals surface area contributed by atoms with Gasteiger partial charge in [0.2, 0.25) is 0 Å². The van der Waals surface area contributed by atoms with Gasteiger partial charge in [-0.15, -0.1) is 0 Å². The zero-order valence-electron chi connectivity index (χ0n) is 15.2. The Balaban J connectivity index is 1.56. The van der Waals surface area contributed by atoms with Crippen molar-refractivity contribution < 1.29 is 9.53 Å². The summed E-state index contributed by atoms with van der Waals surface area (Å²) in [4.78, 5) is 21.0. The van der Waals surface area contributed by atoms with Gasteiger partial charge in [0.05, 0.1) is 0 Å². The molecule has 0 bridgehead atoms. The molecule has 0 aliphatic heterocycles. The van der Waals surface area contributed by atoms with Crippen LogP contribution in [0.15, 0.2) is 61.2 Å². The summed E-state index contributed by atoms with van der Waals surface area (Å²) in [5, 5.41) is 3.54. The molecule has 0 saturated heterocycles. The lowest BCUT2D eigenvalue weighted by molar-refractivity contribution is -0.134. The van der Waals surface area contributed by atoms with Gasteiger partial charge in [-0.25, -0.2) is 4.98 Å². The first kappa shape index (κ1) is 18.9. The van der Waals surface area contributed by atoms with E-state index in [1.165, 1.54) is 0 Å². The number of halogens is 1. The number of nitrogens with zero attached hydrogens (tertiary/aromatic N) is 3. The van der Waals surface area contributed by atoms with Crippen LogP contribution in [-0.2, 0) is 11.3 Å². The van der Waals surface area contributed by atoms with Gasteiger partial charge in [-0.1, -0.05) is 11.6 Å². The highest BCUT2D eigenvalue weighted by molar-refractivity contribution is 6.30. The van der Waals surface area contributed by atoms with Gasteiger partial charge in [0.15, 0.2) is 5.60 Å². The maximum absolute atomic E-state index is 12.5. The predicted octanol–water partition coefficient (Wildman–Crippen LogP) is 3.57. The minimum absolute atomic E-state index is 0.194. The number of amides is 1. The molecule has 2 heterocycles. The van der Waals surface area contributed by atoms with Gasteiger partial charge in [-0.2, -0.15) is 0 Å². The lowest BCUT2D eigenvalue weighted by Crippen LogP contribution is -2.47. The van der Waals surface area contributed by atoms with Crippen molar-refractivity contribution in [2.24, 2.45) is 0 Å². The maximum atomic E-state index is 12.5. The summed E-state index contributed by atoms with van der Waals surface area (Å²) in [6, 6.07) is 10.8. The van der Waals surface area contributed by atoms with Crippen molar-refractivity contribution in [1.82, 2.24) is 19.9 Å². The fraction of sp³-hybridized carbons (Fsp3) is 0.250. The van der Waals surface area contributed by atoms with E-state index in [1.54, 1.807) is 56.7 Å². The lowest BCUT2D eigenvalue weighted by atomic mass is 10.1. The SMILES string of the molecule is CC(C)(Oc1ccc(Cl)cc1)C(=O)NCCn1ccnc1-c1cccnc1. The van der Waals surface area contributed by atoms with Crippen LogP contribution in [0.2, 0.25) is 5.02 Å². The van der Waals surface area contributed by atoms with Gasteiger partial charge in [0.1, 0.15) is 11.6 Å². The molecule has 1 aromatic carbocycles. The van der Waals surface area contributed by atoms with E-state index in [0.29, 0.717) is 23.9 Å². The molecule has 0 radical (unpaired) electrons. The number of ether oxygens (including phenoxy) is 1. The smallest absolute Gasteiger partial charge is 0.263 e. The quantitative estimate of drug-likeness (QED) is 0.676. The van der Waals surface area contributed by atoms with Crippen molar-refractivity contribution in [3.63, 3.8) is 0 Å². The topological polar surface area (TPSA) is 69.0 Å². The number of rotatable bonds is 7. The molecule has 0 spiro atoms. The third-order valence-corrected chi connectivity index (χ3v) is 4.26. The Morgan fingerprint density at radius 1 is 1.22 bits per heavy atom. The molecular formula is C20H21ClN4O2. The Hall–Kier alpha value is -2.86. The molecule has 0 atom stereocenters. The molecule has 0 aliphatic carbocycles. The van der Waals surface area contributed by atoms with E-state index < -0.39 is 5.60 Å². The minimum atomic E-state index is -1.01. The zero-order valence-corrected chi connectivity index (χ0v) is 16.0. The zero-order chi connectivity index (χ0) is 19.3. The van der Waals surface area contributed by atoms with Crippen LogP contribution in [0.25, 0.3) is 11.4 Å². The van der Waals surface area contributed by atoms with Crippen molar-refractivity contribution in [2.75, 3.05) is 6.54 Å². The summed E-state index contributed by atoms with van der Waals surface area (Å²) >= 11 is 5.87. The van der Waals surface area contributed by atoms with Crippen molar-refractivity contribution in [3.8, 4) is 17.1 Å². The Labute approximate surface area is 163 Å². The molecule has 3 rings (SSSR count). The Kier molecular flexibility index (Phi) is 5.76. The minimum Gasteiger partial charge on any atom is -0.478 e. The summed E-state index contributed by atoms with van der Waals surface area (Å²) in [5.41, 5.74) is -0.0742. The van der Waals surface area contributed by atoms with Crippen molar-refractivity contribution in [1.29, 1.82) is 0 Å². The number of pyridine rings is 1. The van der Waals surface area contributed by atoms with E-state index >= 15 is 0 Å². The van der Waals surface area contributed by atoms with Gasteiger partial charge < -0.3 is 14.6 Å². The van der Waals surface area contributed by atoms with Crippen LogP contribution in [-0.4, -0.2) is 32.6 Å². The first-order valence-corrected chi connectivity index (χ1v) is 8.98. The van der Waals surface area contributed by atoms with Crippen LogP contribution < -0.4 is 10.1 Å². The second-order valence-corrected chi connectivity index (χ2v) is 6.94. The van der Waals surface area contributed by atoms with Crippen molar-refractivity contribution >= 4 is 17.5 Å². The van der Waals surface area contributed by atoms with E-state index in [1.807, 2.05) is 22.9 Å². The van der Waals surface area contributed by atoms with E-state index in [2.05, 4.69) is 15.3 Å². The van der Waals surface area contributed by atoms with Crippen molar-refractivity contribution in [2.45, 2.75) is 26.0 Å². The molecule has 7 heteroatoms. The Bertz CT molecular complexity index is 892. The number of aromatic nitrogens is 3. The van der Waals surface area contributed by atoms with Crippen LogP contribution in [0.4, 0.5) is 0 Å². The van der Waals surface area contributed by atoms with Crippen LogP contribution >= 0.6 is 11.6 Å². The molecule has 0 fully saturated rings. The second kappa shape index (κ2) is 8.22. The maximum Gasteiger partial charge on any atom is 0.263 e. The first-order valence-electron chi connectivity index (χ1n) is 8.60. The molecular weight excluding hydrogens is 364 g/mol. The molecule has 1 N–H and O–H groups in total. The van der Waals surface area contributed by atoms with E-state index in [9.17, 15) is 4.79 Å². The largest absolute Gasteiger partial charge is 0.478 e. The van der Waals surface area contributed by atoms with Crippen LogP contribution in [0, 0.1) is 0 Å². The summed E-state index contributed by atoms with van der Waals surface area (Å²) in [6.07, 6.45) is 7.10. The lowest BCUT2D eigenvalue weighted by Gasteiger charge is -2.25. The van der Waals surface area contributed by atoms with Gasteiger partial charge in [-0.3, -0.25) is 9.78 Å². The fourth-order valence-electron chi connectivity index (χ4n) is 2.59. The average molecular weight is 385 g/mol. The standard InChI is InChI=1S/C20H21ClN4O2/c1-20(2,27-17-7-5-16(21)6-8-17)19(26)24-11-13-25-12-10-23-18(25)15-4-3-9-22-14-15/h3-10,12,14H,11,13H2,1-2H3,(H,24,26). The molecule has 0 unspecified atom stereocenters. The number of nitrogens with one attached hydrogen (secondary N) is 1. The molecule has 2 aromatic heterocycles. The number of hydrogen-bond donors (Lipinski definition) is 1. The first-order chi connectivity index (χ1) is 13.0. The van der Waals surface area contributed by atoms with E-state index in [4.69, 9.17) is 16.3 Å². The fourth-order valence-corrected chi connectivity index (χ4v) is 2.72. The highest BCUT2D eigenvalue weighted by Gasteiger charge is 2.29. The van der Waals surface area contributed by atoms with Gasteiger partial charge in [0.25, 0.3) is 5.91 Å². The van der Waals surface area contributed by atoms with Crippen molar-refractivity contribution in [3.05, 3.63) is 66.2 Å². The van der Waals surface area contributed by atoms with Crippen LogP contribution in [0.3, 0.4) is 0 Å². The molecule has 0 aliphatic rings. The molecule has 140 valence electrons. The summed E-state index contributed by atoms with van der Waals surface area (Å²) < 4.78 is 7.78. The number of carbonyl (C=O) groups is 1. The molecule has 27 heavy (non-hydrogen) atoms. The number of carbonyl (C=O) groups excluding carboxylic acids is 1. The highest BCUT2D eigenvalue weighted by atomic mass is 35.5. The highest BCUT2D eigenvalue weighted by Crippen LogP contribution is 2.21. The van der Waals surface area contributed by atoms with Crippen LogP contribution in [0.5, 0.6) is 5.75 Å². The van der Waals surface area contributed by atoms with E-state index in [0.717, 1.165) is 11.4 Å². The normalized spacial score (nSPS) is 11.2. The average Bonchev–Trinajstić information content (AvgIpc) is 3.12. The molecule has 3 aromatic rings. The monoisotopic (exact) mass is 384 g/mol. The van der Waals surface area contributed by atoms with Gasteiger partial charge in [0, 0.05) is 48.5 Å². The number of imidazole rings is 1. The molecule has 0 saturated carbocycles. The van der Waals surface area contributed by atoms with Crippen LogP contribution in [0.1, 0.15) is 13.8 Å². The number of hydrogen-bond acceptors (Lipinski definition) is 4. The molecule has 6 nitrogen and oxygen atoms in total. The summed E-state index contributed by atoms with van der Waals surface area (Å²) in [7, 11) is 0.